The highest BCUT2D eigenvalue weighted by molar-refractivity contribution is 6.24. The highest BCUT2D eigenvalue weighted by atomic mass is 16.5. The molecule has 8 heteroatoms. The Morgan fingerprint density at radius 2 is 1.72 bits per heavy atom. The van der Waals surface area contributed by atoms with Crippen LogP contribution in [-0.2, 0) is 19.2 Å². The number of aromatic hydroxyl groups is 1. The fourth-order valence-corrected chi connectivity index (χ4v) is 7.63. The lowest BCUT2D eigenvalue weighted by atomic mass is 9.51. The number of nitrogens with zero attached hydrogens (tertiary/aromatic N) is 2. The summed E-state index contributed by atoms with van der Waals surface area (Å²) in [6.45, 7) is 4.10. The number of rotatable bonds is 5. The lowest BCUT2D eigenvalue weighted by molar-refractivity contribution is -0.140. The van der Waals surface area contributed by atoms with Crippen LogP contribution in [0.5, 0.6) is 11.5 Å². The van der Waals surface area contributed by atoms with E-state index in [-0.39, 0.29) is 41.5 Å². The van der Waals surface area contributed by atoms with E-state index < -0.39 is 35.0 Å². The highest BCUT2D eigenvalue weighted by Gasteiger charge is 2.67. The van der Waals surface area contributed by atoms with Crippen LogP contribution in [0.3, 0.4) is 0 Å². The fraction of sp³-hybridized carbons (Fsp3) is 0.419. The number of carbonyl (C=O) groups excluding carboxylic acids is 4. The average molecular weight is 529 g/mol. The summed E-state index contributed by atoms with van der Waals surface area (Å²) in [6, 6.07) is 14.0. The van der Waals surface area contributed by atoms with Crippen LogP contribution in [0.25, 0.3) is 0 Å². The third-order valence-electron chi connectivity index (χ3n) is 9.39. The van der Waals surface area contributed by atoms with E-state index in [1.165, 1.54) is 16.9 Å². The van der Waals surface area contributed by atoms with Gasteiger partial charge >= 0.3 is 0 Å². The lowest BCUT2D eigenvalue weighted by Gasteiger charge is -2.49. The molecule has 4 amide bonds. The van der Waals surface area contributed by atoms with Gasteiger partial charge in [-0.2, -0.15) is 0 Å². The summed E-state index contributed by atoms with van der Waals surface area (Å²) in [5.41, 5.74) is 0.608. The van der Waals surface area contributed by atoms with Crippen LogP contribution in [0, 0.1) is 29.1 Å². The van der Waals surface area contributed by atoms with Gasteiger partial charge < -0.3 is 9.84 Å². The van der Waals surface area contributed by atoms with Crippen molar-refractivity contribution >= 4 is 29.3 Å². The SMILES string of the molecule is CCCN1C(=O)C2CC=C3C(CC4C(=O)N(c5ccccc5)C(=O)C4(C)C3c3cccc(OC)c3O)C2C1=O. The Bertz CT molecular complexity index is 1420. The summed E-state index contributed by atoms with van der Waals surface area (Å²) in [7, 11) is 1.46. The first kappa shape index (κ1) is 25.3. The summed E-state index contributed by atoms with van der Waals surface area (Å²) in [4.78, 5) is 57.9. The summed E-state index contributed by atoms with van der Waals surface area (Å²) >= 11 is 0. The minimum Gasteiger partial charge on any atom is -0.504 e. The van der Waals surface area contributed by atoms with E-state index in [1.54, 1.807) is 49.4 Å². The fourth-order valence-electron chi connectivity index (χ4n) is 7.63. The van der Waals surface area contributed by atoms with Crippen LogP contribution in [0.4, 0.5) is 5.69 Å². The first-order valence-electron chi connectivity index (χ1n) is 13.6. The van der Waals surface area contributed by atoms with Crippen LogP contribution in [0.1, 0.15) is 44.6 Å². The second-order valence-electron chi connectivity index (χ2n) is 11.2. The standard InChI is InChI=1S/C31H32N2O6/c1-4-15-32-27(35)19-14-13-18-21(24(19)29(32)37)16-22-28(36)33(17-9-6-5-7-10-17)30(38)31(22,2)25(18)20-11-8-12-23(39-3)26(20)34/h5-13,19,21-22,24-25,34H,4,14-16H2,1-3H3. The van der Waals surface area contributed by atoms with Gasteiger partial charge in [0, 0.05) is 18.0 Å². The van der Waals surface area contributed by atoms with Crippen molar-refractivity contribution in [2.45, 2.75) is 39.0 Å². The zero-order valence-electron chi connectivity index (χ0n) is 22.3. The topological polar surface area (TPSA) is 104 Å². The summed E-state index contributed by atoms with van der Waals surface area (Å²) in [6.07, 6.45) is 3.33. The molecule has 4 aliphatic rings. The van der Waals surface area contributed by atoms with Crippen LogP contribution in [0.2, 0.25) is 0 Å². The molecule has 2 saturated heterocycles. The molecule has 0 bridgehead atoms. The molecule has 2 aliphatic carbocycles. The number of anilines is 1. The second kappa shape index (κ2) is 9.07. The summed E-state index contributed by atoms with van der Waals surface area (Å²) in [5, 5.41) is 11.3. The maximum Gasteiger partial charge on any atom is 0.241 e. The molecule has 6 rings (SSSR count). The van der Waals surface area contributed by atoms with Gasteiger partial charge in [-0.15, -0.1) is 0 Å². The molecule has 0 spiro atoms. The quantitative estimate of drug-likeness (QED) is 0.464. The van der Waals surface area contributed by atoms with Crippen molar-refractivity contribution in [3.63, 3.8) is 0 Å². The third kappa shape index (κ3) is 3.36. The second-order valence-corrected chi connectivity index (χ2v) is 11.2. The van der Waals surface area contributed by atoms with E-state index in [2.05, 4.69) is 0 Å². The van der Waals surface area contributed by atoms with Crippen molar-refractivity contribution in [1.29, 1.82) is 0 Å². The van der Waals surface area contributed by atoms with Gasteiger partial charge in [0.25, 0.3) is 0 Å². The number of benzene rings is 2. The summed E-state index contributed by atoms with van der Waals surface area (Å²) < 4.78 is 5.40. The van der Waals surface area contributed by atoms with Gasteiger partial charge in [-0.25, -0.2) is 4.90 Å². The molecular weight excluding hydrogens is 496 g/mol. The number of phenols is 1. The van der Waals surface area contributed by atoms with E-state index in [4.69, 9.17) is 4.74 Å². The zero-order valence-corrected chi connectivity index (χ0v) is 22.3. The molecule has 1 saturated carbocycles. The Hall–Kier alpha value is -3.94. The Morgan fingerprint density at radius 1 is 0.974 bits per heavy atom. The Labute approximate surface area is 227 Å². The molecular formula is C31H32N2O6. The maximum absolute atomic E-state index is 14.3. The van der Waals surface area contributed by atoms with Crippen LogP contribution in [-0.4, -0.2) is 47.3 Å². The van der Waals surface area contributed by atoms with Crippen molar-refractivity contribution in [3.05, 3.63) is 65.7 Å². The van der Waals surface area contributed by atoms with Crippen molar-refractivity contribution in [1.82, 2.24) is 4.90 Å². The number of para-hydroxylation sites is 2. The molecule has 8 nitrogen and oxygen atoms in total. The minimum absolute atomic E-state index is 0.0894. The third-order valence-corrected chi connectivity index (χ3v) is 9.39. The van der Waals surface area contributed by atoms with Crippen LogP contribution < -0.4 is 9.64 Å². The van der Waals surface area contributed by atoms with E-state index >= 15 is 0 Å². The minimum atomic E-state index is -1.21. The molecule has 2 aromatic carbocycles. The van der Waals surface area contributed by atoms with Gasteiger partial charge in [-0.05, 0) is 50.3 Å². The number of fused-ring (bicyclic) bond motifs is 4. The monoisotopic (exact) mass is 528 g/mol. The number of methoxy groups -OCH3 is 1. The molecule has 202 valence electrons. The number of imide groups is 2. The molecule has 0 radical (unpaired) electrons. The molecule has 39 heavy (non-hydrogen) atoms. The summed E-state index contributed by atoms with van der Waals surface area (Å²) in [5.74, 6) is -3.69. The van der Waals surface area contributed by atoms with Crippen molar-refractivity contribution in [2.75, 3.05) is 18.6 Å². The van der Waals surface area contributed by atoms with Crippen molar-refractivity contribution in [2.24, 2.45) is 29.1 Å². The molecule has 1 N–H and O–H groups in total. The predicted molar refractivity (Wildman–Crippen MR) is 143 cm³/mol. The van der Waals surface area contributed by atoms with E-state index in [1.807, 2.05) is 19.1 Å². The molecule has 3 fully saturated rings. The predicted octanol–water partition coefficient (Wildman–Crippen LogP) is 4.04. The molecule has 0 aromatic heterocycles. The van der Waals surface area contributed by atoms with Gasteiger partial charge in [0.15, 0.2) is 11.5 Å². The Balaban J connectivity index is 1.54. The number of allylic oxidation sites excluding steroid dienone is 2. The van der Waals surface area contributed by atoms with Crippen LogP contribution >= 0.6 is 0 Å². The first-order chi connectivity index (χ1) is 18.7. The number of likely N-dealkylation sites (tertiary alicyclic amines) is 1. The average Bonchev–Trinajstić information content (AvgIpc) is 3.29. The van der Waals surface area contributed by atoms with E-state index in [0.29, 0.717) is 30.6 Å². The number of ether oxygens (including phenoxy) is 1. The Morgan fingerprint density at radius 3 is 2.41 bits per heavy atom. The lowest BCUT2D eigenvalue weighted by Crippen LogP contribution is -2.48. The van der Waals surface area contributed by atoms with Gasteiger partial charge in [0.2, 0.25) is 23.6 Å². The van der Waals surface area contributed by atoms with Crippen molar-refractivity contribution < 1.29 is 29.0 Å². The van der Waals surface area contributed by atoms with Crippen LogP contribution in [0.15, 0.2) is 60.2 Å². The zero-order chi connectivity index (χ0) is 27.6. The normalized spacial score (nSPS) is 31.7. The van der Waals surface area contributed by atoms with Crippen molar-refractivity contribution in [3.8, 4) is 11.5 Å². The van der Waals surface area contributed by atoms with E-state index in [9.17, 15) is 24.3 Å². The molecule has 2 aliphatic heterocycles. The number of hydrogen-bond acceptors (Lipinski definition) is 6. The molecule has 2 aromatic rings. The number of amides is 4. The number of hydrogen-bond donors (Lipinski definition) is 1. The highest BCUT2D eigenvalue weighted by Crippen LogP contribution is 2.64. The van der Waals surface area contributed by atoms with Gasteiger partial charge in [0.05, 0.1) is 36.0 Å². The maximum atomic E-state index is 14.3. The molecule has 6 unspecified atom stereocenters. The smallest absolute Gasteiger partial charge is 0.241 e. The number of phenolic OH excluding ortho intramolecular Hbond substituents is 1. The number of carbonyl (C=O) groups is 4. The van der Waals surface area contributed by atoms with Gasteiger partial charge in [0.1, 0.15) is 0 Å². The molecule has 6 atom stereocenters. The van der Waals surface area contributed by atoms with Gasteiger partial charge in [-0.1, -0.05) is 48.9 Å². The first-order valence-corrected chi connectivity index (χ1v) is 13.6. The molecule has 2 heterocycles. The Kier molecular flexibility index (Phi) is 5.90. The van der Waals surface area contributed by atoms with E-state index in [0.717, 1.165) is 5.57 Å². The largest absolute Gasteiger partial charge is 0.504 e. The van der Waals surface area contributed by atoms with Gasteiger partial charge in [-0.3, -0.25) is 24.1 Å².